The van der Waals surface area contributed by atoms with E-state index < -0.39 is 56.6 Å². The first-order valence-electron chi connectivity index (χ1n) is 20.1. The SMILES string of the molecule is CCCCCCCCCCCCCCCCCCOC[C@H](COP(=O)(O)O[C@H]1O[C@@](C#N)(c2ccc3c(N)ncnn23)[C@H](O)[C@@H]1O)OCc1cnc(C(F)(F)F)nc1. The van der Waals surface area contributed by atoms with Crippen LogP contribution in [0.25, 0.3) is 5.52 Å². The van der Waals surface area contributed by atoms with Gasteiger partial charge in [0.25, 0.3) is 0 Å². The van der Waals surface area contributed by atoms with Gasteiger partial charge in [0.15, 0.2) is 12.1 Å². The second-order valence-electron chi connectivity index (χ2n) is 14.5. The van der Waals surface area contributed by atoms with Crippen LogP contribution in [0.15, 0.2) is 30.9 Å². The summed E-state index contributed by atoms with van der Waals surface area (Å²) < 4.78 is 80.5. The van der Waals surface area contributed by atoms with E-state index in [4.69, 9.17) is 29.0 Å². The van der Waals surface area contributed by atoms with E-state index in [1.165, 1.54) is 93.7 Å². The Hall–Kier alpha value is -3.31. The van der Waals surface area contributed by atoms with Gasteiger partial charge in [0, 0.05) is 24.6 Å². The molecule has 1 saturated heterocycles. The minimum Gasteiger partial charge on any atom is -0.386 e. The number of nitriles is 1. The van der Waals surface area contributed by atoms with E-state index in [-0.39, 0.29) is 35.8 Å². The van der Waals surface area contributed by atoms with E-state index >= 15 is 0 Å². The smallest absolute Gasteiger partial charge is 0.386 e. The zero-order chi connectivity index (χ0) is 42.0. The van der Waals surface area contributed by atoms with Gasteiger partial charge >= 0.3 is 14.0 Å². The fourth-order valence-electron chi connectivity index (χ4n) is 6.63. The molecule has 4 rings (SSSR count). The molecule has 0 amide bonds. The standard InChI is InChI=1S/C38H57F3N7O9P/c1-2-3-4-5-6-7-8-9-10-11-12-13-14-15-16-17-20-53-24-29(54-23-28-21-44-36(45-22-28)38(39,40)41)25-55-58(51,52)57-35-32(49)33(50)37(26-42,56-35)31-19-18-30-34(43)46-27-47-48(30)31/h18-19,21-22,27,29,32-33,35,49-50H,2-17,20,23-25H2,1H3,(H,51,52)(H2,43,46,47)/t29-,32+,33-,35-,37+/m1/s1. The summed E-state index contributed by atoms with van der Waals surface area (Å²) in [5.41, 5.74) is 3.96. The van der Waals surface area contributed by atoms with Crippen molar-refractivity contribution < 1.29 is 56.1 Å². The summed E-state index contributed by atoms with van der Waals surface area (Å²) in [6, 6.07) is 4.61. The zero-order valence-corrected chi connectivity index (χ0v) is 33.9. The number of phosphoric acid groups is 1. The van der Waals surface area contributed by atoms with Gasteiger partial charge in [-0.2, -0.15) is 23.5 Å². The van der Waals surface area contributed by atoms with Crippen molar-refractivity contribution in [1.29, 1.82) is 5.26 Å². The predicted octanol–water partition coefficient (Wildman–Crippen LogP) is 6.91. The number of nitrogen functional groups attached to an aromatic ring is 1. The largest absolute Gasteiger partial charge is 0.474 e. The van der Waals surface area contributed by atoms with Crippen LogP contribution in [0, 0.1) is 11.3 Å². The van der Waals surface area contributed by atoms with Crippen LogP contribution in [0.5, 0.6) is 0 Å². The second kappa shape index (κ2) is 23.5. The van der Waals surface area contributed by atoms with Gasteiger partial charge in [0.05, 0.1) is 25.5 Å². The van der Waals surface area contributed by atoms with Gasteiger partial charge < -0.3 is 35.1 Å². The molecule has 0 bridgehead atoms. The summed E-state index contributed by atoms with van der Waals surface area (Å²) in [4.78, 5) is 21.1. The number of nitrogens with two attached hydrogens (primary N) is 1. The molecule has 1 fully saturated rings. The average Bonchev–Trinajstić information content (AvgIpc) is 3.74. The molecule has 1 aliphatic heterocycles. The Morgan fingerprint density at radius 2 is 1.53 bits per heavy atom. The summed E-state index contributed by atoms with van der Waals surface area (Å²) in [5, 5.41) is 35.8. The number of phosphoric ester groups is 1. The number of ether oxygens (including phenoxy) is 3. The van der Waals surface area contributed by atoms with Crippen molar-refractivity contribution in [2.75, 3.05) is 25.6 Å². The Morgan fingerprint density at radius 1 is 0.948 bits per heavy atom. The van der Waals surface area contributed by atoms with Crippen LogP contribution in [0.1, 0.15) is 127 Å². The topological polar surface area (TPSA) is 230 Å². The highest BCUT2D eigenvalue weighted by Crippen LogP contribution is 2.50. The molecule has 20 heteroatoms. The van der Waals surface area contributed by atoms with Crippen LogP contribution >= 0.6 is 7.82 Å². The normalized spacial score (nSPS) is 21.3. The molecule has 3 aromatic rings. The number of fused-ring (bicyclic) bond motifs is 1. The third-order valence-electron chi connectivity index (χ3n) is 9.90. The fraction of sp³-hybridized carbons (Fsp3) is 0.711. The first-order chi connectivity index (χ1) is 27.8. The van der Waals surface area contributed by atoms with Gasteiger partial charge in [-0.25, -0.2) is 24.0 Å². The third kappa shape index (κ3) is 14.2. The van der Waals surface area contributed by atoms with Crippen LogP contribution in [-0.4, -0.2) is 84.1 Å². The van der Waals surface area contributed by atoms with Crippen LogP contribution in [-0.2, 0) is 46.2 Å². The van der Waals surface area contributed by atoms with Gasteiger partial charge in [-0.05, 0) is 18.6 Å². The molecule has 16 nitrogen and oxygen atoms in total. The Kier molecular flexibility index (Phi) is 19.2. The van der Waals surface area contributed by atoms with E-state index in [1.807, 2.05) is 0 Å². The van der Waals surface area contributed by atoms with E-state index in [0.29, 0.717) is 6.61 Å². The molecule has 4 heterocycles. The van der Waals surface area contributed by atoms with Gasteiger partial charge in [0.2, 0.25) is 11.4 Å². The van der Waals surface area contributed by atoms with Crippen molar-refractivity contribution in [3.8, 4) is 6.07 Å². The number of rotatable bonds is 28. The lowest BCUT2D eigenvalue weighted by molar-refractivity contribution is -0.145. The maximum Gasteiger partial charge on any atom is 0.474 e. The third-order valence-corrected chi connectivity index (χ3v) is 10.9. The molecule has 1 aliphatic rings. The fourth-order valence-corrected chi connectivity index (χ4v) is 7.48. The van der Waals surface area contributed by atoms with Crippen molar-refractivity contribution >= 4 is 19.2 Å². The van der Waals surface area contributed by atoms with Gasteiger partial charge in [-0.3, -0.25) is 9.05 Å². The van der Waals surface area contributed by atoms with Crippen LogP contribution in [0.3, 0.4) is 0 Å². The molecule has 0 radical (unpaired) electrons. The lowest BCUT2D eigenvalue weighted by Crippen LogP contribution is -2.40. The van der Waals surface area contributed by atoms with Crippen LogP contribution in [0.4, 0.5) is 19.0 Å². The number of hydrogen-bond acceptors (Lipinski definition) is 14. The van der Waals surface area contributed by atoms with Gasteiger partial charge in [0.1, 0.15) is 36.2 Å². The second-order valence-corrected chi connectivity index (χ2v) is 15.9. The maximum absolute atomic E-state index is 13.1. The maximum atomic E-state index is 13.1. The highest BCUT2D eigenvalue weighted by atomic mass is 31.2. The molecule has 0 saturated carbocycles. The molecular formula is C38H57F3N7O9P. The molecular weight excluding hydrogens is 786 g/mol. The predicted molar refractivity (Wildman–Crippen MR) is 204 cm³/mol. The first-order valence-corrected chi connectivity index (χ1v) is 21.6. The number of aliphatic hydroxyl groups excluding tert-OH is 2. The van der Waals surface area contributed by atoms with Crippen LogP contribution < -0.4 is 5.73 Å². The molecule has 0 aliphatic carbocycles. The Bertz CT molecular complexity index is 1750. The molecule has 1 unspecified atom stereocenters. The first kappa shape index (κ1) is 47.4. The Morgan fingerprint density at radius 3 is 2.10 bits per heavy atom. The monoisotopic (exact) mass is 843 g/mol. The minimum absolute atomic E-state index is 0.0556. The van der Waals surface area contributed by atoms with Gasteiger partial charge in [-0.15, -0.1) is 0 Å². The van der Waals surface area contributed by atoms with E-state index in [9.17, 15) is 38.1 Å². The summed E-state index contributed by atoms with van der Waals surface area (Å²) >= 11 is 0. The van der Waals surface area contributed by atoms with Crippen molar-refractivity contribution in [2.45, 2.75) is 153 Å². The molecule has 0 spiro atoms. The molecule has 5 N–H and O–H groups in total. The number of alkyl halides is 3. The molecule has 58 heavy (non-hydrogen) atoms. The van der Waals surface area contributed by atoms with E-state index in [2.05, 4.69) is 27.0 Å². The Labute approximate surface area is 336 Å². The zero-order valence-electron chi connectivity index (χ0n) is 33.0. The van der Waals surface area contributed by atoms with E-state index in [0.717, 1.165) is 44.4 Å². The van der Waals surface area contributed by atoms with Gasteiger partial charge in [-0.1, -0.05) is 103 Å². The Balaban J connectivity index is 1.23. The number of anilines is 1. The van der Waals surface area contributed by atoms with Crippen molar-refractivity contribution in [1.82, 2.24) is 24.6 Å². The lowest BCUT2D eigenvalue weighted by Gasteiger charge is -2.24. The summed E-state index contributed by atoms with van der Waals surface area (Å²) in [6.45, 7) is 1.58. The quantitative estimate of drug-likeness (QED) is 0.0430. The number of hydrogen-bond donors (Lipinski definition) is 4. The highest BCUT2D eigenvalue weighted by Gasteiger charge is 2.59. The number of nitrogens with zero attached hydrogens (tertiary/aromatic N) is 6. The molecule has 324 valence electrons. The summed E-state index contributed by atoms with van der Waals surface area (Å²) in [6.07, 6.45) is 10.8. The lowest BCUT2D eigenvalue weighted by atomic mass is 9.93. The van der Waals surface area contributed by atoms with Crippen molar-refractivity contribution in [2.24, 2.45) is 0 Å². The number of aliphatic hydroxyl groups is 2. The molecule has 0 aromatic carbocycles. The molecule has 6 atom stereocenters. The van der Waals surface area contributed by atoms with Crippen molar-refractivity contribution in [3.63, 3.8) is 0 Å². The highest BCUT2D eigenvalue weighted by molar-refractivity contribution is 7.47. The van der Waals surface area contributed by atoms with Crippen molar-refractivity contribution in [3.05, 3.63) is 47.9 Å². The number of halogens is 3. The molecule has 3 aromatic heterocycles. The summed E-state index contributed by atoms with van der Waals surface area (Å²) in [7, 11) is -5.10. The average molecular weight is 844 g/mol. The van der Waals surface area contributed by atoms with E-state index in [1.54, 1.807) is 6.07 Å². The minimum atomic E-state index is -5.10. The number of aromatic nitrogens is 5. The summed E-state index contributed by atoms with van der Waals surface area (Å²) in [5.74, 6) is -1.26. The number of unbranched alkanes of at least 4 members (excludes halogenated alkanes) is 15. The van der Waals surface area contributed by atoms with Crippen LogP contribution in [0.2, 0.25) is 0 Å².